The van der Waals surface area contributed by atoms with Crippen LogP contribution in [-0.2, 0) is 9.59 Å². The summed E-state index contributed by atoms with van der Waals surface area (Å²) in [4.78, 5) is 40.2. The number of rotatable bonds is 2. The third kappa shape index (κ3) is 4.44. The number of nitrogen functional groups attached to an aromatic ring is 1. The van der Waals surface area contributed by atoms with Gasteiger partial charge in [-0.3, -0.25) is 19.7 Å². The van der Waals surface area contributed by atoms with Crippen LogP contribution < -0.4 is 16.0 Å². The zero-order valence-corrected chi connectivity index (χ0v) is 15.1. The summed E-state index contributed by atoms with van der Waals surface area (Å²) in [6.45, 7) is 4.15. The van der Waals surface area contributed by atoms with E-state index >= 15 is 0 Å². The van der Waals surface area contributed by atoms with Crippen LogP contribution in [-0.4, -0.2) is 48.8 Å². The van der Waals surface area contributed by atoms with E-state index in [4.69, 9.17) is 5.73 Å². The first kappa shape index (κ1) is 18.4. The number of aryl methyl sites for hydroxylation is 1. The standard InChI is InChI=1S/C20H22N4O3/c1-14-3-2-4-17(13-14)23-9-11-24(12-10-23)20(27)19(26)22-18(25)15-5-7-16(21)8-6-15/h2-8,13H,9-12,21H2,1H3,(H,22,25,26). The molecule has 3 rings (SSSR count). The van der Waals surface area contributed by atoms with E-state index in [9.17, 15) is 14.4 Å². The maximum atomic E-state index is 12.3. The molecule has 0 aromatic heterocycles. The van der Waals surface area contributed by atoms with Crippen molar-refractivity contribution in [3.05, 3.63) is 59.7 Å². The van der Waals surface area contributed by atoms with Gasteiger partial charge in [-0.25, -0.2) is 0 Å². The number of benzene rings is 2. The number of nitrogens with one attached hydrogen (secondary N) is 1. The third-order valence-corrected chi connectivity index (χ3v) is 4.53. The van der Waals surface area contributed by atoms with Gasteiger partial charge < -0.3 is 15.5 Å². The summed E-state index contributed by atoms with van der Waals surface area (Å²) in [5.74, 6) is -2.23. The molecule has 7 nitrogen and oxygen atoms in total. The number of imide groups is 1. The van der Waals surface area contributed by atoms with Gasteiger partial charge in [-0.15, -0.1) is 0 Å². The van der Waals surface area contributed by atoms with Crippen molar-refractivity contribution in [2.45, 2.75) is 6.92 Å². The Kier molecular flexibility index (Phi) is 5.40. The number of amides is 3. The molecule has 2 aromatic rings. The molecule has 1 fully saturated rings. The maximum Gasteiger partial charge on any atom is 0.316 e. The molecule has 7 heteroatoms. The van der Waals surface area contributed by atoms with Gasteiger partial charge in [0.05, 0.1) is 0 Å². The number of hydrogen-bond donors (Lipinski definition) is 2. The lowest BCUT2D eigenvalue weighted by atomic mass is 10.2. The van der Waals surface area contributed by atoms with Crippen LogP contribution >= 0.6 is 0 Å². The topological polar surface area (TPSA) is 95.7 Å². The van der Waals surface area contributed by atoms with E-state index in [1.807, 2.05) is 25.1 Å². The predicted octanol–water partition coefficient (Wildman–Crippen LogP) is 1.18. The van der Waals surface area contributed by atoms with E-state index in [0.717, 1.165) is 5.69 Å². The predicted molar refractivity (Wildman–Crippen MR) is 103 cm³/mol. The Morgan fingerprint density at radius 3 is 2.26 bits per heavy atom. The van der Waals surface area contributed by atoms with Crippen molar-refractivity contribution >= 4 is 29.1 Å². The third-order valence-electron chi connectivity index (χ3n) is 4.53. The molecule has 0 spiro atoms. The van der Waals surface area contributed by atoms with Crippen molar-refractivity contribution in [3.63, 3.8) is 0 Å². The molecule has 1 heterocycles. The van der Waals surface area contributed by atoms with Crippen LogP contribution in [0.1, 0.15) is 15.9 Å². The monoisotopic (exact) mass is 366 g/mol. The van der Waals surface area contributed by atoms with Gasteiger partial charge in [0, 0.05) is 43.1 Å². The summed E-state index contributed by atoms with van der Waals surface area (Å²) >= 11 is 0. The lowest BCUT2D eigenvalue weighted by molar-refractivity contribution is -0.145. The summed E-state index contributed by atoms with van der Waals surface area (Å²) < 4.78 is 0. The van der Waals surface area contributed by atoms with E-state index in [0.29, 0.717) is 31.9 Å². The lowest BCUT2D eigenvalue weighted by Gasteiger charge is -2.35. The second-order valence-electron chi connectivity index (χ2n) is 6.52. The van der Waals surface area contributed by atoms with Crippen LogP contribution in [0.15, 0.2) is 48.5 Å². The Balaban J connectivity index is 1.54. The smallest absolute Gasteiger partial charge is 0.316 e. The largest absolute Gasteiger partial charge is 0.399 e. The van der Waals surface area contributed by atoms with Gasteiger partial charge in [-0.2, -0.15) is 0 Å². The minimum atomic E-state index is -0.916. The Bertz CT molecular complexity index is 856. The SMILES string of the molecule is Cc1cccc(N2CCN(C(=O)C(=O)NC(=O)c3ccc(N)cc3)CC2)c1. The summed E-state index contributed by atoms with van der Waals surface area (Å²) in [6.07, 6.45) is 0. The number of carbonyl (C=O) groups excluding carboxylic acids is 3. The highest BCUT2D eigenvalue weighted by Gasteiger charge is 2.27. The first-order valence-corrected chi connectivity index (χ1v) is 8.76. The van der Waals surface area contributed by atoms with Crippen molar-refractivity contribution in [2.75, 3.05) is 36.8 Å². The molecule has 0 saturated carbocycles. The number of hydrogen-bond acceptors (Lipinski definition) is 5. The summed E-state index contributed by atoms with van der Waals surface area (Å²) in [5, 5.41) is 2.14. The summed E-state index contributed by atoms with van der Waals surface area (Å²) in [7, 11) is 0. The number of nitrogens with two attached hydrogens (primary N) is 1. The second kappa shape index (κ2) is 7.90. The molecule has 0 bridgehead atoms. The average Bonchev–Trinajstić information content (AvgIpc) is 2.68. The molecule has 0 atom stereocenters. The van der Waals surface area contributed by atoms with Gasteiger partial charge in [0.25, 0.3) is 5.91 Å². The lowest BCUT2D eigenvalue weighted by Crippen LogP contribution is -2.53. The fourth-order valence-corrected chi connectivity index (χ4v) is 3.00. The Labute approximate surface area is 157 Å². The fourth-order valence-electron chi connectivity index (χ4n) is 3.00. The van der Waals surface area contributed by atoms with Crippen molar-refractivity contribution < 1.29 is 14.4 Å². The molecule has 3 amide bonds. The molecule has 1 aliphatic heterocycles. The van der Waals surface area contributed by atoms with Gasteiger partial charge in [-0.05, 0) is 48.9 Å². The number of piperazine rings is 1. The molecule has 1 aliphatic rings. The van der Waals surface area contributed by atoms with Crippen molar-refractivity contribution in [2.24, 2.45) is 0 Å². The molecular weight excluding hydrogens is 344 g/mol. The Hall–Kier alpha value is -3.35. The van der Waals surface area contributed by atoms with E-state index < -0.39 is 17.7 Å². The van der Waals surface area contributed by atoms with Crippen molar-refractivity contribution in [3.8, 4) is 0 Å². The van der Waals surface area contributed by atoms with Crippen LogP contribution in [0.25, 0.3) is 0 Å². The zero-order valence-electron chi connectivity index (χ0n) is 15.1. The highest BCUT2D eigenvalue weighted by Crippen LogP contribution is 2.17. The van der Waals surface area contributed by atoms with E-state index in [1.54, 1.807) is 12.1 Å². The number of anilines is 2. The second-order valence-corrected chi connectivity index (χ2v) is 6.52. The Morgan fingerprint density at radius 1 is 0.963 bits per heavy atom. The van der Waals surface area contributed by atoms with Crippen LogP contribution in [0.2, 0.25) is 0 Å². The summed E-state index contributed by atoms with van der Waals surface area (Å²) in [5.41, 5.74) is 8.63. The molecule has 0 aliphatic carbocycles. The fraction of sp³-hybridized carbons (Fsp3) is 0.250. The summed E-state index contributed by atoms with van der Waals surface area (Å²) in [6, 6.07) is 14.3. The first-order valence-electron chi connectivity index (χ1n) is 8.76. The number of nitrogens with zero attached hydrogens (tertiary/aromatic N) is 2. The van der Waals surface area contributed by atoms with Gasteiger partial charge in [0.1, 0.15) is 0 Å². The van der Waals surface area contributed by atoms with Crippen molar-refractivity contribution in [1.29, 1.82) is 0 Å². The van der Waals surface area contributed by atoms with Crippen LogP contribution in [0.5, 0.6) is 0 Å². The van der Waals surface area contributed by atoms with E-state index in [-0.39, 0.29) is 5.56 Å². The van der Waals surface area contributed by atoms with Crippen LogP contribution in [0.4, 0.5) is 11.4 Å². The quantitative estimate of drug-likeness (QED) is 0.615. The van der Waals surface area contributed by atoms with Gasteiger partial charge in [0.2, 0.25) is 0 Å². The molecule has 27 heavy (non-hydrogen) atoms. The van der Waals surface area contributed by atoms with Gasteiger partial charge in [0.15, 0.2) is 0 Å². The highest BCUT2D eigenvalue weighted by atomic mass is 16.2. The molecule has 140 valence electrons. The number of carbonyl (C=O) groups is 3. The molecular formula is C20H22N4O3. The minimum absolute atomic E-state index is 0.273. The van der Waals surface area contributed by atoms with E-state index in [2.05, 4.69) is 16.3 Å². The Morgan fingerprint density at radius 2 is 1.63 bits per heavy atom. The van der Waals surface area contributed by atoms with Gasteiger partial charge >= 0.3 is 11.8 Å². The maximum absolute atomic E-state index is 12.3. The normalized spacial score (nSPS) is 14.0. The average molecular weight is 366 g/mol. The van der Waals surface area contributed by atoms with Crippen LogP contribution in [0, 0.1) is 6.92 Å². The minimum Gasteiger partial charge on any atom is -0.399 e. The molecule has 0 radical (unpaired) electrons. The van der Waals surface area contributed by atoms with Crippen molar-refractivity contribution in [1.82, 2.24) is 10.2 Å². The zero-order chi connectivity index (χ0) is 19.4. The molecule has 1 saturated heterocycles. The van der Waals surface area contributed by atoms with Crippen LogP contribution in [0.3, 0.4) is 0 Å². The highest BCUT2D eigenvalue weighted by molar-refractivity contribution is 6.38. The first-order chi connectivity index (χ1) is 12.9. The van der Waals surface area contributed by atoms with Gasteiger partial charge in [-0.1, -0.05) is 12.1 Å². The molecule has 3 N–H and O–H groups in total. The molecule has 2 aromatic carbocycles. The van der Waals surface area contributed by atoms with E-state index in [1.165, 1.54) is 22.6 Å². The molecule has 0 unspecified atom stereocenters.